The second-order valence-electron chi connectivity index (χ2n) is 7.52. The first-order valence-corrected chi connectivity index (χ1v) is 8.91. The van der Waals surface area contributed by atoms with E-state index in [2.05, 4.69) is 4.90 Å². The summed E-state index contributed by atoms with van der Waals surface area (Å²) in [5.74, 6) is 0.758. The number of benzene rings is 1. The molecule has 1 aliphatic carbocycles. The lowest BCUT2D eigenvalue weighted by Crippen LogP contribution is -2.52. The van der Waals surface area contributed by atoms with Crippen LogP contribution in [-0.4, -0.2) is 65.8 Å². The van der Waals surface area contributed by atoms with Crippen LogP contribution in [0.25, 0.3) is 0 Å². The van der Waals surface area contributed by atoms with E-state index in [1.165, 1.54) is 0 Å². The van der Waals surface area contributed by atoms with Crippen molar-refractivity contribution in [3.05, 3.63) is 29.8 Å². The molecular formula is C19H29NO4. The van der Waals surface area contributed by atoms with E-state index in [9.17, 15) is 10.2 Å². The van der Waals surface area contributed by atoms with Crippen molar-refractivity contribution in [2.24, 2.45) is 0 Å². The zero-order chi connectivity index (χ0) is 17.0. The molecule has 5 nitrogen and oxygen atoms in total. The van der Waals surface area contributed by atoms with Crippen LogP contribution in [0.2, 0.25) is 0 Å². The smallest absolute Gasteiger partial charge is 0.134 e. The van der Waals surface area contributed by atoms with E-state index >= 15 is 0 Å². The van der Waals surface area contributed by atoms with Crippen LogP contribution in [0.4, 0.5) is 0 Å². The van der Waals surface area contributed by atoms with Crippen LogP contribution in [0, 0.1) is 6.92 Å². The third kappa shape index (κ3) is 4.70. The summed E-state index contributed by atoms with van der Waals surface area (Å²) in [6, 6.07) is 7.81. The number of hydrogen-bond donors (Lipinski definition) is 2. The summed E-state index contributed by atoms with van der Waals surface area (Å²) in [5, 5.41) is 21.6. The first-order valence-electron chi connectivity index (χ1n) is 8.91. The zero-order valence-electron chi connectivity index (χ0n) is 14.5. The molecule has 3 rings (SSSR count). The Kier molecular flexibility index (Phi) is 5.45. The summed E-state index contributed by atoms with van der Waals surface area (Å²) in [5.41, 5.74) is -0.542. The fraction of sp³-hybridized carbons (Fsp3) is 0.684. The fourth-order valence-electron chi connectivity index (χ4n) is 3.75. The molecule has 2 aliphatic rings. The maximum Gasteiger partial charge on any atom is 0.134 e. The van der Waals surface area contributed by atoms with E-state index in [-0.39, 0.29) is 13.2 Å². The van der Waals surface area contributed by atoms with Gasteiger partial charge >= 0.3 is 0 Å². The molecule has 0 amide bonds. The Bertz CT molecular complexity index is 544. The summed E-state index contributed by atoms with van der Waals surface area (Å²) < 4.78 is 11.4. The van der Waals surface area contributed by atoms with Gasteiger partial charge in [-0.25, -0.2) is 0 Å². The first-order chi connectivity index (χ1) is 11.5. The fourth-order valence-corrected chi connectivity index (χ4v) is 3.75. The Morgan fingerprint density at radius 2 is 2.00 bits per heavy atom. The minimum absolute atomic E-state index is 0.186. The van der Waals surface area contributed by atoms with Crippen LogP contribution >= 0.6 is 0 Å². The quantitative estimate of drug-likeness (QED) is 0.858. The highest BCUT2D eigenvalue weighted by Gasteiger charge is 2.38. The van der Waals surface area contributed by atoms with Crippen molar-refractivity contribution in [1.82, 2.24) is 4.90 Å². The topological polar surface area (TPSA) is 62.2 Å². The highest BCUT2D eigenvalue weighted by atomic mass is 16.5. The summed E-state index contributed by atoms with van der Waals surface area (Å²) >= 11 is 0. The number of nitrogens with zero attached hydrogens (tertiary/aromatic N) is 1. The third-order valence-corrected chi connectivity index (χ3v) is 4.99. The van der Waals surface area contributed by atoms with Crippen molar-refractivity contribution in [2.45, 2.75) is 43.8 Å². The Balaban J connectivity index is 1.60. The SMILES string of the molecule is Cc1cccc(OCC2(O)COCCN(CC3(O)CCCC3)C2)c1. The van der Waals surface area contributed by atoms with Crippen LogP contribution < -0.4 is 4.74 Å². The van der Waals surface area contributed by atoms with E-state index in [4.69, 9.17) is 9.47 Å². The zero-order valence-corrected chi connectivity index (χ0v) is 14.5. The Hall–Kier alpha value is -1.14. The molecule has 1 heterocycles. The van der Waals surface area contributed by atoms with Gasteiger partial charge in [-0.1, -0.05) is 25.0 Å². The number of rotatable bonds is 5. The second kappa shape index (κ2) is 7.40. The number of β-amino-alcohol motifs (C(OH)–C–C–N with tert-alkyl or cyclic N) is 2. The van der Waals surface area contributed by atoms with E-state index in [0.29, 0.717) is 19.7 Å². The van der Waals surface area contributed by atoms with Gasteiger partial charge in [-0.2, -0.15) is 0 Å². The molecule has 1 aromatic rings. The molecule has 0 spiro atoms. The van der Waals surface area contributed by atoms with Gasteiger partial charge in [0.05, 0.1) is 18.8 Å². The van der Waals surface area contributed by atoms with E-state index < -0.39 is 11.2 Å². The largest absolute Gasteiger partial charge is 0.490 e. The van der Waals surface area contributed by atoms with Crippen molar-refractivity contribution < 1.29 is 19.7 Å². The van der Waals surface area contributed by atoms with Gasteiger partial charge in [-0.3, -0.25) is 4.90 Å². The van der Waals surface area contributed by atoms with Crippen molar-refractivity contribution in [2.75, 3.05) is 39.5 Å². The molecule has 1 aromatic carbocycles. The molecule has 1 saturated carbocycles. The summed E-state index contributed by atoms with van der Waals surface area (Å²) in [6.07, 6.45) is 3.87. The van der Waals surface area contributed by atoms with Crippen LogP contribution in [0.3, 0.4) is 0 Å². The molecule has 1 unspecified atom stereocenters. The van der Waals surface area contributed by atoms with Gasteiger partial charge in [0, 0.05) is 19.6 Å². The minimum atomic E-state index is -1.06. The number of aryl methyl sites for hydroxylation is 1. The molecule has 0 aromatic heterocycles. The van der Waals surface area contributed by atoms with Gasteiger partial charge in [0.1, 0.15) is 18.0 Å². The molecule has 2 fully saturated rings. The highest BCUT2D eigenvalue weighted by molar-refractivity contribution is 5.27. The number of ether oxygens (including phenoxy) is 2. The van der Waals surface area contributed by atoms with Crippen LogP contribution in [0.15, 0.2) is 24.3 Å². The van der Waals surface area contributed by atoms with Gasteiger partial charge in [0.15, 0.2) is 0 Å². The molecule has 1 saturated heterocycles. The van der Waals surface area contributed by atoms with Gasteiger partial charge in [-0.15, -0.1) is 0 Å². The van der Waals surface area contributed by atoms with Crippen molar-refractivity contribution in [1.29, 1.82) is 0 Å². The average molecular weight is 335 g/mol. The van der Waals surface area contributed by atoms with Gasteiger partial charge in [0.25, 0.3) is 0 Å². The molecule has 5 heteroatoms. The predicted molar refractivity (Wildman–Crippen MR) is 92.3 cm³/mol. The van der Waals surface area contributed by atoms with Crippen molar-refractivity contribution in [3.63, 3.8) is 0 Å². The molecule has 0 radical (unpaired) electrons. The lowest BCUT2D eigenvalue weighted by molar-refractivity contribution is -0.0712. The maximum absolute atomic E-state index is 10.9. The lowest BCUT2D eigenvalue weighted by Gasteiger charge is -2.34. The van der Waals surface area contributed by atoms with Gasteiger partial charge < -0.3 is 19.7 Å². The molecule has 1 atom stereocenters. The summed E-state index contributed by atoms with van der Waals surface area (Å²) in [7, 11) is 0. The number of aliphatic hydroxyl groups is 2. The molecule has 2 N–H and O–H groups in total. The summed E-state index contributed by atoms with van der Waals surface area (Å²) in [4.78, 5) is 2.12. The van der Waals surface area contributed by atoms with E-state index in [1.807, 2.05) is 31.2 Å². The van der Waals surface area contributed by atoms with Crippen LogP contribution in [0.5, 0.6) is 5.75 Å². The third-order valence-electron chi connectivity index (χ3n) is 4.99. The summed E-state index contributed by atoms with van der Waals surface area (Å²) in [6.45, 7) is 4.82. The first kappa shape index (κ1) is 17.7. The van der Waals surface area contributed by atoms with E-state index in [1.54, 1.807) is 0 Å². The standard InChI is InChI=1S/C19H29NO4/c1-16-5-4-6-17(11-16)24-15-19(22)13-20(9-10-23-14-19)12-18(21)7-2-3-8-18/h4-6,11,21-22H,2-3,7-10,12-15H2,1H3. The Morgan fingerprint density at radius 3 is 2.75 bits per heavy atom. The van der Waals surface area contributed by atoms with Gasteiger partial charge in [-0.05, 0) is 37.5 Å². The highest BCUT2D eigenvalue weighted by Crippen LogP contribution is 2.31. The van der Waals surface area contributed by atoms with Crippen LogP contribution in [-0.2, 0) is 4.74 Å². The molecule has 134 valence electrons. The molecular weight excluding hydrogens is 306 g/mol. The average Bonchev–Trinajstić information content (AvgIpc) is 2.87. The predicted octanol–water partition coefficient (Wildman–Crippen LogP) is 1.74. The van der Waals surface area contributed by atoms with Crippen LogP contribution in [0.1, 0.15) is 31.2 Å². The molecule has 1 aliphatic heterocycles. The molecule has 24 heavy (non-hydrogen) atoms. The maximum atomic E-state index is 10.9. The Morgan fingerprint density at radius 1 is 1.21 bits per heavy atom. The number of hydrogen-bond acceptors (Lipinski definition) is 5. The van der Waals surface area contributed by atoms with Crippen molar-refractivity contribution >= 4 is 0 Å². The van der Waals surface area contributed by atoms with E-state index in [0.717, 1.165) is 43.5 Å². The molecule has 0 bridgehead atoms. The Labute approximate surface area is 144 Å². The lowest BCUT2D eigenvalue weighted by atomic mass is 10.00. The normalized spacial score (nSPS) is 27.8. The van der Waals surface area contributed by atoms with Crippen molar-refractivity contribution in [3.8, 4) is 5.75 Å². The second-order valence-corrected chi connectivity index (χ2v) is 7.52. The monoisotopic (exact) mass is 335 g/mol. The van der Waals surface area contributed by atoms with Gasteiger partial charge in [0.2, 0.25) is 0 Å². The minimum Gasteiger partial charge on any atom is -0.490 e.